The van der Waals surface area contributed by atoms with E-state index in [1.54, 1.807) is 6.07 Å². The van der Waals surface area contributed by atoms with Gasteiger partial charge in [-0.25, -0.2) is 4.98 Å². The molecule has 0 atom stereocenters. The predicted molar refractivity (Wildman–Crippen MR) is 49.9 cm³/mol. The number of halogens is 2. The fourth-order valence-corrected chi connectivity index (χ4v) is 1.69. The molecule has 1 aromatic heterocycles. The summed E-state index contributed by atoms with van der Waals surface area (Å²) >= 11 is 7.83. The van der Waals surface area contributed by atoms with Gasteiger partial charge in [0.05, 0.1) is 5.69 Å². The van der Waals surface area contributed by atoms with Crippen LogP contribution >= 0.6 is 34.2 Å². The summed E-state index contributed by atoms with van der Waals surface area (Å²) in [5.74, 6) is 0. The largest absolute Gasteiger partial charge is 0.325 e. The van der Waals surface area contributed by atoms with E-state index in [-0.39, 0.29) is 0 Å². The molecule has 0 unspecified atom stereocenters. The summed E-state index contributed by atoms with van der Waals surface area (Å²) in [7, 11) is 0. The molecule has 1 aromatic rings. The summed E-state index contributed by atoms with van der Waals surface area (Å²) in [6.45, 7) is 0.441. The third-order valence-electron chi connectivity index (χ3n) is 1.02. The van der Waals surface area contributed by atoms with Crippen molar-refractivity contribution in [3.63, 3.8) is 0 Å². The lowest BCUT2D eigenvalue weighted by atomic mass is 10.4. The molecule has 2 nitrogen and oxygen atoms in total. The van der Waals surface area contributed by atoms with Gasteiger partial charge in [-0.3, -0.25) is 0 Å². The zero-order valence-corrected chi connectivity index (χ0v) is 8.06. The minimum Gasteiger partial charge on any atom is -0.325 e. The van der Waals surface area contributed by atoms with Crippen LogP contribution in [0.3, 0.4) is 0 Å². The lowest BCUT2D eigenvalue weighted by Crippen LogP contribution is -1.99. The van der Waals surface area contributed by atoms with E-state index >= 15 is 0 Å². The van der Waals surface area contributed by atoms with Crippen LogP contribution in [0.25, 0.3) is 0 Å². The van der Waals surface area contributed by atoms with Crippen LogP contribution in [0.2, 0.25) is 5.15 Å². The van der Waals surface area contributed by atoms with Crippen LogP contribution in [0.5, 0.6) is 0 Å². The van der Waals surface area contributed by atoms with Crippen LogP contribution in [0.1, 0.15) is 5.69 Å². The zero-order valence-electron chi connectivity index (χ0n) is 5.14. The summed E-state index contributed by atoms with van der Waals surface area (Å²) < 4.78 is 1.07. The molecule has 10 heavy (non-hydrogen) atoms. The Bertz CT molecular complexity index is 219. The van der Waals surface area contributed by atoms with E-state index in [0.717, 1.165) is 9.26 Å². The number of hydrogen-bond acceptors (Lipinski definition) is 2. The van der Waals surface area contributed by atoms with Crippen LogP contribution in [-0.4, -0.2) is 4.98 Å². The van der Waals surface area contributed by atoms with E-state index in [2.05, 4.69) is 27.6 Å². The van der Waals surface area contributed by atoms with Crippen molar-refractivity contribution in [2.75, 3.05) is 0 Å². The van der Waals surface area contributed by atoms with E-state index in [9.17, 15) is 0 Å². The average Bonchev–Trinajstić information content (AvgIpc) is 1.85. The third-order valence-corrected chi connectivity index (χ3v) is 1.84. The number of pyridine rings is 1. The smallest absolute Gasteiger partial charge is 0.130 e. The van der Waals surface area contributed by atoms with Crippen molar-refractivity contribution >= 4 is 34.2 Å². The Morgan fingerprint density at radius 1 is 1.60 bits per heavy atom. The Hall–Kier alpha value is 0.130. The maximum absolute atomic E-state index is 5.66. The van der Waals surface area contributed by atoms with Crippen LogP contribution < -0.4 is 5.73 Å². The zero-order chi connectivity index (χ0) is 7.56. The SMILES string of the molecule is NCc1cc(I)cc(Cl)n1. The Morgan fingerprint density at radius 3 is 2.80 bits per heavy atom. The van der Waals surface area contributed by atoms with Crippen LogP contribution in [0.4, 0.5) is 0 Å². The van der Waals surface area contributed by atoms with Gasteiger partial charge in [-0.15, -0.1) is 0 Å². The number of nitrogens with two attached hydrogens (primary N) is 1. The molecule has 0 radical (unpaired) electrons. The molecule has 4 heteroatoms. The van der Waals surface area contributed by atoms with Crippen LogP contribution in [-0.2, 0) is 6.54 Å². The van der Waals surface area contributed by atoms with E-state index in [1.807, 2.05) is 6.07 Å². The molecule has 0 bridgehead atoms. The van der Waals surface area contributed by atoms with Gasteiger partial charge in [-0.2, -0.15) is 0 Å². The molecule has 0 amide bonds. The molecule has 0 aliphatic heterocycles. The first-order valence-corrected chi connectivity index (χ1v) is 4.20. The van der Waals surface area contributed by atoms with Crippen LogP contribution in [0, 0.1) is 3.57 Å². The molecular formula is C6H6ClIN2. The van der Waals surface area contributed by atoms with Crippen LogP contribution in [0.15, 0.2) is 12.1 Å². The average molecular weight is 268 g/mol. The van der Waals surface area contributed by atoms with Gasteiger partial charge in [-0.1, -0.05) is 11.6 Å². The standard InChI is InChI=1S/C6H6ClIN2/c7-6-2-4(8)1-5(3-9)10-6/h1-2H,3,9H2. The fourth-order valence-electron chi connectivity index (χ4n) is 0.621. The van der Waals surface area contributed by atoms with Gasteiger partial charge in [0, 0.05) is 10.1 Å². The minimum absolute atomic E-state index is 0.441. The molecule has 0 saturated heterocycles. The predicted octanol–water partition coefficient (Wildman–Crippen LogP) is 1.80. The fraction of sp³-hybridized carbons (Fsp3) is 0.167. The van der Waals surface area contributed by atoms with Crippen molar-refractivity contribution in [1.82, 2.24) is 4.98 Å². The van der Waals surface area contributed by atoms with Gasteiger partial charge in [0.15, 0.2) is 0 Å². The summed E-state index contributed by atoms with van der Waals surface area (Å²) in [6, 6.07) is 3.70. The summed E-state index contributed by atoms with van der Waals surface area (Å²) in [4.78, 5) is 3.99. The van der Waals surface area contributed by atoms with Gasteiger partial charge in [0.2, 0.25) is 0 Å². The Balaban J connectivity index is 3.06. The first-order valence-electron chi connectivity index (χ1n) is 2.74. The highest BCUT2D eigenvalue weighted by Crippen LogP contribution is 2.11. The highest BCUT2D eigenvalue weighted by Gasteiger charge is 1.95. The van der Waals surface area contributed by atoms with Crippen molar-refractivity contribution in [1.29, 1.82) is 0 Å². The quantitative estimate of drug-likeness (QED) is 0.623. The molecular weight excluding hydrogens is 262 g/mol. The molecule has 0 saturated carbocycles. The van der Waals surface area contributed by atoms with E-state index in [4.69, 9.17) is 17.3 Å². The number of aromatic nitrogens is 1. The summed E-state index contributed by atoms with van der Waals surface area (Å²) in [6.07, 6.45) is 0. The lowest BCUT2D eigenvalue weighted by Gasteiger charge is -1.96. The summed E-state index contributed by atoms with van der Waals surface area (Å²) in [5, 5.41) is 0.507. The van der Waals surface area contributed by atoms with Gasteiger partial charge >= 0.3 is 0 Å². The third kappa shape index (κ3) is 2.07. The monoisotopic (exact) mass is 268 g/mol. The molecule has 54 valence electrons. The second-order valence-electron chi connectivity index (χ2n) is 1.80. The van der Waals surface area contributed by atoms with Crippen molar-refractivity contribution in [2.24, 2.45) is 5.73 Å². The minimum atomic E-state index is 0.441. The highest BCUT2D eigenvalue weighted by molar-refractivity contribution is 14.1. The molecule has 1 rings (SSSR count). The highest BCUT2D eigenvalue weighted by atomic mass is 127. The van der Waals surface area contributed by atoms with Gasteiger partial charge in [0.1, 0.15) is 5.15 Å². The number of hydrogen-bond donors (Lipinski definition) is 1. The lowest BCUT2D eigenvalue weighted by molar-refractivity contribution is 0.987. The van der Waals surface area contributed by atoms with Gasteiger partial charge < -0.3 is 5.73 Å². The van der Waals surface area contributed by atoms with E-state index in [0.29, 0.717) is 11.7 Å². The molecule has 0 fully saturated rings. The molecule has 2 N–H and O–H groups in total. The maximum Gasteiger partial charge on any atom is 0.130 e. The topological polar surface area (TPSA) is 38.9 Å². The van der Waals surface area contributed by atoms with E-state index in [1.165, 1.54) is 0 Å². The second kappa shape index (κ2) is 3.50. The Kier molecular flexibility index (Phi) is 2.88. The van der Waals surface area contributed by atoms with Crippen molar-refractivity contribution in [3.8, 4) is 0 Å². The number of nitrogens with zero attached hydrogens (tertiary/aromatic N) is 1. The van der Waals surface area contributed by atoms with Crippen molar-refractivity contribution in [3.05, 3.63) is 26.5 Å². The van der Waals surface area contributed by atoms with Gasteiger partial charge in [0.25, 0.3) is 0 Å². The van der Waals surface area contributed by atoms with Crippen molar-refractivity contribution < 1.29 is 0 Å². The Labute approximate surface area is 77.9 Å². The molecule has 0 aliphatic carbocycles. The van der Waals surface area contributed by atoms with Gasteiger partial charge in [-0.05, 0) is 34.7 Å². The first-order chi connectivity index (χ1) is 4.72. The van der Waals surface area contributed by atoms with E-state index < -0.39 is 0 Å². The Morgan fingerprint density at radius 2 is 2.30 bits per heavy atom. The molecule has 0 spiro atoms. The molecule has 0 aliphatic rings. The normalized spacial score (nSPS) is 9.90. The second-order valence-corrected chi connectivity index (χ2v) is 3.44. The van der Waals surface area contributed by atoms with Crippen molar-refractivity contribution in [2.45, 2.75) is 6.54 Å². The maximum atomic E-state index is 5.66. The first kappa shape index (κ1) is 8.23. The molecule has 1 heterocycles. The number of rotatable bonds is 1. The summed E-state index contributed by atoms with van der Waals surface area (Å²) in [5.41, 5.74) is 6.19. The molecule has 0 aromatic carbocycles.